The minimum absolute atomic E-state index is 0. The van der Waals surface area contributed by atoms with Gasteiger partial charge in [-0.1, -0.05) is 12.1 Å². The number of benzene rings is 1. The molecule has 1 atom stereocenters. The number of methoxy groups -OCH3 is 1. The first-order valence-electron chi connectivity index (χ1n) is 6.64. The first-order valence-corrected chi connectivity index (χ1v) is 6.64. The maximum atomic E-state index is 5.45. The number of ether oxygens (including phenoxy) is 1. The Labute approximate surface area is 137 Å². The van der Waals surface area contributed by atoms with Gasteiger partial charge in [-0.05, 0) is 43.6 Å². The molecule has 1 fully saturated rings. The lowest BCUT2D eigenvalue weighted by Crippen LogP contribution is -2.30. The minimum Gasteiger partial charge on any atom is -0.497 e. The molecule has 0 aromatic heterocycles. The van der Waals surface area contributed by atoms with Crippen molar-refractivity contribution >= 4 is 29.9 Å². The van der Waals surface area contributed by atoms with Gasteiger partial charge < -0.3 is 16.2 Å². The molecule has 4 N–H and O–H groups in total. The average molecular weight is 390 g/mol. The standard InChI is InChI=1S/C14H22N4O.HI/c1-19-12-6-4-11(5-7-12)13(10-17-14(15)16)18-8-2-3-9-18;/h4-7,13H,2-3,8-10H2,1H3,(H4,15,16,17);1H. The first-order chi connectivity index (χ1) is 9.20. The van der Waals surface area contributed by atoms with Crippen molar-refractivity contribution in [1.82, 2.24) is 4.90 Å². The summed E-state index contributed by atoms with van der Waals surface area (Å²) in [5.74, 6) is 1.02. The summed E-state index contributed by atoms with van der Waals surface area (Å²) in [5, 5.41) is 0. The zero-order valence-corrected chi connectivity index (χ0v) is 14.1. The molecule has 0 amide bonds. The van der Waals surface area contributed by atoms with Crippen molar-refractivity contribution in [2.24, 2.45) is 16.5 Å². The molecular formula is C14H23IN4O. The molecule has 2 rings (SSSR count). The molecular weight excluding hydrogens is 367 g/mol. The fourth-order valence-electron chi connectivity index (χ4n) is 2.50. The summed E-state index contributed by atoms with van der Waals surface area (Å²) >= 11 is 0. The summed E-state index contributed by atoms with van der Waals surface area (Å²) in [6, 6.07) is 8.38. The van der Waals surface area contributed by atoms with Gasteiger partial charge in [0.2, 0.25) is 0 Å². The van der Waals surface area contributed by atoms with Gasteiger partial charge in [0.1, 0.15) is 5.75 Å². The fourth-order valence-corrected chi connectivity index (χ4v) is 2.50. The zero-order valence-electron chi connectivity index (χ0n) is 11.8. The van der Waals surface area contributed by atoms with Crippen molar-refractivity contribution in [2.45, 2.75) is 18.9 Å². The second-order valence-electron chi connectivity index (χ2n) is 4.80. The maximum absolute atomic E-state index is 5.45. The lowest BCUT2D eigenvalue weighted by atomic mass is 10.1. The number of aliphatic imine (C=N–C) groups is 1. The van der Waals surface area contributed by atoms with Crippen molar-refractivity contribution < 1.29 is 4.74 Å². The number of halogens is 1. The van der Waals surface area contributed by atoms with E-state index < -0.39 is 0 Å². The number of nitrogens with zero attached hydrogens (tertiary/aromatic N) is 2. The number of nitrogens with two attached hydrogens (primary N) is 2. The molecule has 1 unspecified atom stereocenters. The Hall–Kier alpha value is -1.02. The predicted molar refractivity (Wildman–Crippen MR) is 92.6 cm³/mol. The summed E-state index contributed by atoms with van der Waals surface area (Å²) < 4.78 is 5.19. The van der Waals surface area contributed by atoms with Crippen LogP contribution in [0, 0.1) is 0 Å². The summed E-state index contributed by atoms with van der Waals surface area (Å²) in [6.07, 6.45) is 2.49. The van der Waals surface area contributed by atoms with Crippen LogP contribution in [0.2, 0.25) is 0 Å². The highest BCUT2D eigenvalue weighted by Crippen LogP contribution is 2.26. The molecule has 0 radical (unpaired) electrons. The highest BCUT2D eigenvalue weighted by Gasteiger charge is 2.23. The van der Waals surface area contributed by atoms with Crippen molar-refractivity contribution in [3.8, 4) is 5.75 Å². The van der Waals surface area contributed by atoms with Crippen LogP contribution in [0.25, 0.3) is 0 Å². The Morgan fingerprint density at radius 3 is 2.35 bits per heavy atom. The largest absolute Gasteiger partial charge is 0.497 e. The van der Waals surface area contributed by atoms with Crippen LogP contribution in [-0.4, -0.2) is 37.6 Å². The predicted octanol–water partition coefficient (Wildman–Crippen LogP) is 1.72. The van der Waals surface area contributed by atoms with Crippen LogP contribution in [0.4, 0.5) is 0 Å². The van der Waals surface area contributed by atoms with E-state index in [0.29, 0.717) is 6.54 Å². The Morgan fingerprint density at radius 1 is 1.25 bits per heavy atom. The third-order valence-corrected chi connectivity index (χ3v) is 3.53. The molecule has 1 saturated heterocycles. The van der Waals surface area contributed by atoms with Gasteiger partial charge >= 0.3 is 0 Å². The number of rotatable bonds is 5. The van der Waals surface area contributed by atoms with Crippen molar-refractivity contribution in [1.29, 1.82) is 0 Å². The molecule has 5 nitrogen and oxygen atoms in total. The van der Waals surface area contributed by atoms with E-state index >= 15 is 0 Å². The van der Waals surface area contributed by atoms with E-state index in [9.17, 15) is 0 Å². The molecule has 112 valence electrons. The summed E-state index contributed by atoms with van der Waals surface area (Å²) in [6.45, 7) is 2.82. The van der Waals surface area contributed by atoms with E-state index in [2.05, 4.69) is 22.0 Å². The number of likely N-dealkylation sites (tertiary alicyclic amines) is 1. The third-order valence-electron chi connectivity index (χ3n) is 3.53. The SMILES string of the molecule is COc1ccc(C(CN=C(N)N)N2CCCC2)cc1.I. The molecule has 1 aromatic carbocycles. The monoisotopic (exact) mass is 390 g/mol. The van der Waals surface area contributed by atoms with Gasteiger partial charge in [0.15, 0.2) is 5.96 Å². The maximum Gasteiger partial charge on any atom is 0.185 e. The van der Waals surface area contributed by atoms with Gasteiger partial charge in [0.25, 0.3) is 0 Å². The molecule has 1 aliphatic heterocycles. The van der Waals surface area contributed by atoms with Crippen LogP contribution in [0.5, 0.6) is 5.75 Å². The van der Waals surface area contributed by atoms with E-state index in [-0.39, 0.29) is 36.0 Å². The molecule has 0 saturated carbocycles. The third kappa shape index (κ3) is 4.52. The lowest BCUT2D eigenvalue weighted by Gasteiger charge is -2.26. The van der Waals surface area contributed by atoms with Crippen molar-refractivity contribution in [3.63, 3.8) is 0 Å². The topological polar surface area (TPSA) is 76.9 Å². The molecule has 1 heterocycles. The van der Waals surface area contributed by atoms with Gasteiger partial charge in [-0.2, -0.15) is 0 Å². The second kappa shape index (κ2) is 8.31. The highest BCUT2D eigenvalue weighted by atomic mass is 127. The minimum atomic E-state index is 0. The van der Waals surface area contributed by atoms with Crippen molar-refractivity contribution in [3.05, 3.63) is 29.8 Å². The number of guanidine groups is 1. The average Bonchev–Trinajstić information content (AvgIpc) is 2.93. The Morgan fingerprint density at radius 2 is 1.85 bits per heavy atom. The van der Waals surface area contributed by atoms with Crippen LogP contribution in [0.3, 0.4) is 0 Å². The summed E-state index contributed by atoms with van der Waals surface area (Å²) in [4.78, 5) is 6.63. The van der Waals surface area contributed by atoms with Crippen LogP contribution in [0.1, 0.15) is 24.4 Å². The second-order valence-corrected chi connectivity index (χ2v) is 4.80. The Balaban J connectivity index is 0.00000200. The smallest absolute Gasteiger partial charge is 0.185 e. The number of hydrogen-bond donors (Lipinski definition) is 2. The van der Waals surface area contributed by atoms with Crippen molar-refractivity contribution in [2.75, 3.05) is 26.7 Å². The van der Waals surface area contributed by atoms with E-state index in [4.69, 9.17) is 16.2 Å². The summed E-state index contributed by atoms with van der Waals surface area (Å²) in [5.41, 5.74) is 12.1. The van der Waals surface area contributed by atoms with Crippen LogP contribution in [0.15, 0.2) is 29.3 Å². The molecule has 0 spiro atoms. The van der Waals surface area contributed by atoms with Crippen LogP contribution < -0.4 is 16.2 Å². The normalized spacial score (nSPS) is 16.2. The fraction of sp³-hybridized carbons (Fsp3) is 0.500. The zero-order chi connectivity index (χ0) is 13.7. The molecule has 0 aliphatic carbocycles. The van der Waals surface area contributed by atoms with Gasteiger partial charge in [-0.15, -0.1) is 24.0 Å². The molecule has 0 bridgehead atoms. The van der Waals surface area contributed by atoms with Gasteiger partial charge in [0.05, 0.1) is 19.7 Å². The van der Waals surface area contributed by atoms with E-state index in [1.165, 1.54) is 18.4 Å². The summed E-state index contributed by atoms with van der Waals surface area (Å²) in [7, 11) is 1.67. The lowest BCUT2D eigenvalue weighted by molar-refractivity contribution is 0.251. The van der Waals surface area contributed by atoms with E-state index in [1.807, 2.05) is 12.1 Å². The number of hydrogen-bond acceptors (Lipinski definition) is 3. The van der Waals surface area contributed by atoms with Gasteiger partial charge in [-0.3, -0.25) is 9.89 Å². The van der Waals surface area contributed by atoms with Gasteiger partial charge in [0, 0.05) is 0 Å². The van der Waals surface area contributed by atoms with E-state index in [1.54, 1.807) is 7.11 Å². The molecule has 1 aromatic rings. The van der Waals surface area contributed by atoms with Gasteiger partial charge in [-0.25, -0.2) is 0 Å². The molecule has 1 aliphatic rings. The van der Waals surface area contributed by atoms with E-state index in [0.717, 1.165) is 18.8 Å². The molecule has 6 heteroatoms. The molecule has 20 heavy (non-hydrogen) atoms. The Bertz CT molecular complexity index is 425. The highest BCUT2D eigenvalue weighted by molar-refractivity contribution is 14.0. The quantitative estimate of drug-likeness (QED) is 0.456. The van der Waals surface area contributed by atoms with Crippen LogP contribution in [-0.2, 0) is 0 Å². The Kier molecular flexibility index (Phi) is 7.08. The van der Waals surface area contributed by atoms with Crippen LogP contribution >= 0.6 is 24.0 Å². The first kappa shape index (κ1) is 17.0.